The van der Waals surface area contributed by atoms with E-state index < -0.39 is 0 Å². The van der Waals surface area contributed by atoms with Gasteiger partial charge in [0.25, 0.3) is 0 Å². The van der Waals surface area contributed by atoms with Gasteiger partial charge in [0.1, 0.15) is 0 Å². The summed E-state index contributed by atoms with van der Waals surface area (Å²) in [5.74, 6) is 1.04. The summed E-state index contributed by atoms with van der Waals surface area (Å²) in [6, 6.07) is 0. The minimum Gasteiger partial charge on any atom is -0.296 e. The van der Waals surface area contributed by atoms with E-state index in [2.05, 4.69) is 16.8 Å². The lowest BCUT2D eigenvalue weighted by Gasteiger charge is -2.30. The number of aromatic nitrogens is 1. The minimum atomic E-state index is 0.171. The zero-order valence-electron chi connectivity index (χ0n) is 9.69. The predicted molar refractivity (Wildman–Crippen MR) is 65.9 cm³/mol. The Balaban J connectivity index is 1.81. The van der Waals surface area contributed by atoms with E-state index in [4.69, 9.17) is 0 Å². The molecule has 0 N–H and O–H groups in total. The zero-order valence-corrected chi connectivity index (χ0v) is 10.5. The van der Waals surface area contributed by atoms with Gasteiger partial charge in [0.15, 0.2) is 5.01 Å². The molecule has 4 heteroatoms. The van der Waals surface area contributed by atoms with E-state index in [1.165, 1.54) is 30.6 Å². The van der Waals surface area contributed by atoms with Crippen LogP contribution in [0.1, 0.15) is 36.0 Å². The van der Waals surface area contributed by atoms with E-state index in [-0.39, 0.29) is 5.78 Å². The van der Waals surface area contributed by atoms with Crippen LogP contribution in [0.4, 0.5) is 0 Å². The lowest BCUT2D eigenvalue weighted by molar-refractivity contribution is 0.0894. The first-order chi connectivity index (χ1) is 7.79. The number of nitrogens with zero attached hydrogens (tertiary/aromatic N) is 2. The van der Waals surface area contributed by atoms with Gasteiger partial charge in [-0.05, 0) is 31.8 Å². The molecule has 1 saturated heterocycles. The maximum absolute atomic E-state index is 11.8. The molecule has 88 valence electrons. The smallest absolute Gasteiger partial charge is 0.205 e. The Labute approximate surface area is 100 Å². The van der Waals surface area contributed by atoms with Crippen LogP contribution in [0.3, 0.4) is 0 Å². The Bertz CT molecular complexity index is 329. The third kappa shape index (κ3) is 2.89. The fourth-order valence-corrected chi connectivity index (χ4v) is 2.75. The molecule has 1 aliphatic heterocycles. The summed E-state index contributed by atoms with van der Waals surface area (Å²) in [5.41, 5.74) is 0. The molecule has 0 saturated carbocycles. The number of piperidine rings is 1. The molecule has 0 aliphatic carbocycles. The second-order valence-electron chi connectivity index (χ2n) is 4.39. The van der Waals surface area contributed by atoms with Gasteiger partial charge >= 0.3 is 0 Å². The molecular formula is C12H18N2OS. The van der Waals surface area contributed by atoms with Crippen molar-refractivity contribution in [2.75, 3.05) is 19.6 Å². The molecule has 0 atom stereocenters. The highest BCUT2D eigenvalue weighted by Crippen LogP contribution is 2.20. The van der Waals surface area contributed by atoms with Gasteiger partial charge in [-0.2, -0.15) is 0 Å². The highest BCUT2D eigenvalue weighted by molar-refractivity contribution is 7.11. The minimum absolute atomic E-state index is 0.171. The first-order valence-corrected chi connectivity index (χ1v) is 6.82. The molecule has 0 amide bonds. The molecule has 1 aromatic rings. The quantitative estimate of drug-likeness (QED) is 0.755. The number of thiazole rings is 1. The van der Waals surface area contributed by atoms with E-state index in [1.54, 1.807) is 6.20 Å². The molecule has 0 bridgehead atoms. The Hall–Kier alpha value is -0.740. The Kier molecular flexibility index (Phi) is 4.07. The van der Waals surface area contributed by atoms with Gasteiger partial charge in [0, 0.05) is 11.6 Å². The number of hydrogen-bond acceptors (Lipinski definition) is 4. The normalized spacial score (nSPS) is 18.8. The number of carbonyl (C=O) groups excluding carboxylic acids is 1. The van der Waals surface area contributed by atoms with E-state index >= 15 is 0 Å². The van der Waals surface area contributed by atoms with Crippen molar-refractivity contribution in [1.82, 2.24) is 9.88 Å². The van der Waals surface area contributed by atoms with Crippen molar-refractivity contribution in [2.45, 2.75) is 26.2 Å². The molecule has 1 fully saturated rings. The molecule has 3 nitrogen and oxygen atoms in total. The van der Waals surface area contributed by atoms with Crippen LogP contribution in [0.15, 0.2) is 11.6 Å². The van der Waals surface area contributed by atoms with Gasteiger partial charge in [-0.15, -0.1) is 11.3 Å². The molecule has 0 radical (unpaired) electrons. The van der Waals surface area contributed by atoms with Crippen molar-refractivity contribution < 1.29 is 4.79 Å². The van der Waals surface area contributed by atoms with Crippen molar-refractivity contribution in [1.29, 1.82) is 0 Å². The van der Waals surface area contributed by atoms with Crippen LogP contribution in [0.25, 0.3) is 0 Å². The number of rotatable bonds is 4. The summed E-state index contributed by atoms with van der Waals surface area (Å²) in [6.07, 6.45) is 5.44. The summed E-state index contributed by atoms with van der Waals surface area (Å²) in [6.45, 7) is 4.93. The van der Waals surface area contributed by atoms with Crippen molar-refractivity contribution in [3.63, 3.8) is 0 Å². The monoisotopic (exact) mass is 238 g/mol. The topological polar surface area (TPSA) is 33.2 Å². The lowest BCUT2D eigenvalue weighted by atomic mass is 9.94. The van der Waals surface area contributed by atoms with Crippen molar-refractivity contribution >= 4 is 17.1 Å². The van der Waals surface area contributed by atoms with E-state index in [9.17, 15) is 4.79 Å². The summed E-state index contributed by atoms with van der Waals surface area (Å²) < 4.78 is 0. The summed E-state index contributed by atoms with van der Waals surface area (Å²) in [7, 11) is 0. The largest absolute Gasteiger partial charge is 0.296 e. The van der Waals surface area contributed by atoms with Gasteiger partial charge in [-0.3, -0.25) is 9.69 Å². The van der Waals surface area contributed by atoms with Crippen molar-refractivity contribution in [3.05, 3.63) is 16.6 Å². The van der Waals surface area contributed by atoms with Crippen molar-refractivity contribution in [3.8, 4) is 0 Å². The van der Waals surface area contributed by atoms with Crippen LogP contribution in [0.2, 0.25) is 0 Å². The highest BCUT2D eigenvalue weighted by atomic mass is 32.1. The Morgan fingerprint density at radius 2 is 2.31 bits per heavy atom. The fourth-order valence-electron chi connectivity index (χ4n) is 2.18. The highest BCUT2D eigenvalue weighted by Gasteiger charge is 2.20. The standard InChI is InChI=1S/C12H18N2OS/c1-2-10-3-6-14(7-4-10)9-11(15)12-13-5-8-16-12/h5,8,10H,2-4,6-7,9H2,1H3. The molecule has 0 spiro atoms. The third-order valence-electron chi connectivity index (χ3n) is 3.32. The van der Waals surface area contributed by atoms with Crippen molar-refractivity contribution in [2.24, 2.45) is 5.92 Å². The second kappa shape index (κ2) is 5.55. The Morgan fingerprint density at radius 1 is 1.56 bits per heavy atom. The van der Waals surface area contributed by atoms with Gasteiger partial charge in [0.05, 0.1) is 6.54 Å². The van der Waals surface area contributed by atoms with E-state index in [0.29, 0.717) is 11.6 Å². The van der Waals surface area contributed by atoms with Crippen LogP contribution in [-0.4, -0.2) is 35.3 Å². The molecule has 0 unspecified atom stereocenters. The van der Waals surface area contributed by atoms with Crippen LogP contribution in [0, 0.1) is 5.92 Å². The zero-order chi connectivity index (χ0) is 11.4. The van der Waals surface area contributed by atoms with Crippen LogP contribution >= 0.6 is 11.3 Å². The third-order valence-corrected chi connectivity index (χ3v) is 4.14. The second-order valence-corrected chi connectivity index (χ2v) is 5.28. The molecule has 2 heterocycles. The van der Waals surface area contributed by atoms with Crippen LogP contribution in [-0.2, 0) is 0 Å². The Morgan fingerprint density at radius 3 is 2.88 bits per heavy atom. The van der Waals surface area contributed by atoms with Crippen LogP contribution in [0.5, 0.6) is 0 Å². The van der Waals surface area contributed by atoms with Gasteiger partial charge in [-0.1, -0.05) is 13.3 Å². The lowest BCUT2D eigenvalue weighted by Crippen LogP contribution is -2.37. The number of Topliss-reactive ketones (excluding diaryl/α,β-unsaturated/α-hetero) is 1. The molecule has 2 rings (SSSR count). The molecule has 1 aromatic heterocycles. The average Bonchev–Trinajstić information content (AvgIpc) is 2.83. The van der Waals surface area contributed by atoms with E-state index in [1.807, 2.05) is 5.38 Å². The molecule has 1 aliphatic rings. The number of ketones is 1. The van der Waals surface area contributed by atoms with E-state index in [0.717, 1.165) is 19.0 Å². The number of carbonyl (C=O) groups is 1. The summed E-state index contributed by atoms with van der Waals surface area (Å²) in [4.78, 5) is 18.1. The molecule has 16 heavy (non-hydrogen) atoms. The molecule has 0 aromatic carbocycles. The van der Waals surface area contributed by atoms with Crippen LogP contribution < -0.4 is 0 Å². The van der Waals surface area contributed by atoms with Gasteiger partial charge in [-0.25, -0.2) is 4.98 Å². The maximum Gasteiger partial charge on any atom is 0.205 e. The maximum atomic E-state index is 11.8. The first-order valence-electron chi connectivity index (χ1n) is 5.94. The number of hydrogen-bond donors (Lipinski definition) is 0. The van der Waals surface area contributed by atoms with Gasteiger partial charge < -0.3 is 0 Å². The summed E-state index contributed by atoms with van der Waals surface area (Å²) >= 11 is 1.44. The summed E-state index contributed by atoms with van der Waals surface area (Å²) in [5, 5.41) is 2.51. The molecular weight excluding hydrogens is 220 g/mol. The predicted octanol–water partition coefficient (Wildman–Crippen LogP) is 2.45. The average molecular weight is 238 g/mol. The van der Waals surface area contributed by atoms with Gasteiger partial charge in [0.2, 0.25) is 5.78 Å². The first kappa shape index (κ1) is 11.7. The SMILES string of the molecule is CCC1CCN(CC(=O)c2nccs2)CC1. The number of likely N-dealkylation sites (tertiary alicyclic amines) is 1. The fraction of sp³-hybridized carbons (Fsp3) is 0.667.